The molecular formula is C16H20FNO. The Morgan fingerprint density at radius 3 is 2.63 bits per heavy atom. The van der Waals surface area contributed by atoms with Gasteiger partial charge < -0.3 is 5.32 Å². The first-order chi connectivity index (χ1) is 9.20. The summed E-state index contributed by atoms with van der Waals surface area (Å²) in [6.07, 6.45) is 6.31. The molecule has 2 aliphatic carbocycles. The number of nitrogens with one attached hydrogen (secondary N) is 1. The normalized spacial score (nSPS) is 28.6. The number of halogens is 1. The molecule has 0 aliphatic heterocycles. The Bertz CT molecular complexity index is 456. The van der Waals surface area contributed by atoms with E-state index in [9.17, 15) is 9.18 Å². The van der Waals surface area contributed by atoms with E-state index in [2.05, 4.69) is 5.32 Å². The van der Waals surface area contributed by atoms with E-state index in [0.29, 0.717) is 18.9 Å². The summed E-state index contributed by atoms with van der Waals surface area (Å²) in [6.45, 7) is 0. The second kappa shape index (κ2) is 5.32. The molecule has 0 radical (unpaired) electrons. The van der Waals surface area contributed by atoms with E-state index < -0.39 is 0 Å². The van der Waals surface area contributed by atoms with Crippen LogP contribution in [-0.2, 0) is 11.2 Å². The molecular weight excluding hydrogens is 241 g/mol. The Morgan fingerprint density at radius 2 is 2.00 bits per heavy atom. The summed E-state index contributed by atoms with van der Waals surface area (Å²) in [5, 5.41) is 3.18. The highest BCUT2D eigenvalue weighted by molar-refractivity contribution is 5.76. The lowest BCUT2D eigenvalue weighted by Gasteiger charge is -2.22. The lowest BCUT2D eigenvalue weighted by molar-refractivity contribution is -0.122. The fourth-order valence-electron chi connectivity index (χ4n) is 3.61. The first-order valence-corrected chi connectivity index (χ1v) is 7.24. The maximum absolute atomic E-state index is 12.8. The molecule has 2 nitrogen and oxygen atoms in total. The van der Waals surface area contributed by atoms with Crippen LogP contribution in [0.15, 0.2) is 24.3 Å². The topological polar surface area (TPSA) is 29.1 Å². The Morgan fingerprint density at radius 1 is 1.21 bits per heavy atom. The maximum Gasteiger partial charge on any atom is 0.220 e. The van der Waals surface area contributed by atoms with Gasteiger partial charge in [0.1, 0.15) is 5.82 Å². The molecule has 2 bridgehead atoms. The predicted molar refractivity (Wildman–Crippen MR) is 72.1 cm³/mol. The van der Waals surface area contributed by atoms with Crippen LogP contribution in [0.5, 0.6) is 0 Å². The molecule has 19 heavy (non-hydrogen) atoms. The third kappa shape index (κ3) is 2.96. The number of amides is 1. The second-order valence-corrected chi connectivity index (χ2v) is 5.98. The van der Waals surface area contributed by atoms with Gasteiger partial charge in [-0.1, -0.05) is 18.6 Å². The molecule has 3 atom stereocenters. The number of aryl methyl sites for hydroxylation is 1. The number of hydrogen-bond acceptors (Lipinski definition) is 1. The van der Waals surface area contributed by atoms with Gasteiger partial charge >= 0.3 is 0 Å². The fourth-order valence-corrected chi connectivity index (χ4v) is 3.61. The van der Waals surface area contributed by atoms with Gasteiger partial charge in [0.2, 0.25) is 5.91 Å². The van der Waals surface area contributed by atoms with Gasteiger partial charge in [0.15, 0.2) is 0 Å². The highest BCUT2D eigenvalue weighted by Crippen LogP contribution is 2.44. The minimum absolute atomic E-state index is 0.141. The van der Waals surface area contributed by atoms with Crippen molar-refractivity contribution in [3.05, 3.63) is 35.6 Å². The van der Waals surface area contributed by atoms with Crippen LogP contribution in [0.25, 0.3) is 0 Å². The van der Waals surface area contributed by atoms with Crippen molar-refractivity contribution in [3.8, 4) is 0 Å². The summed E-state index contributed by atoms with van der Waals surface area (Å²) in [6, 6.07) is 6.81. The lowest BCUT2D eigenvalue weighted by Crippen LogP contribution is -2.38. The first kappa shape index (κ1) is 12.6. The van der Waals surface area contributed by atoms with Crippen molar-refractivity contribution in [2.75, 3.05) is 0 Å². The molecule has 1 aromatic rings. The highest BCUT2D eigenvalue weighted by atomic mass is 19.1. The van der Waals surface area contributed by atoms with Crippen molar-refractivity contribution >= 4 is 5.91 Å². The van der Waals surface area contributed by atoms with Gasteiger partial charge in [0, 0.05) is 12.5 Å². The minimum Gasteiger partial charge on any atom is -0.353 e. The zero-order valence-corrected chi connectivity index (χ0v) is 11.1. The van der Waals surface area contributed by atoms with Gasteiger partial charge in [-0.25, -0.2) is 4.39 Å². The van der Waals surface area contributed by atoms with Crippen LogP contribution in [0, 0.1) is 17.7 Å². The molecule has 3 rings (SSSR count). The molecule has 2 saturated carbocycles. The zero-order valence-electron chi connectivity index (χ0n) is 11.1. The molecule has 1 N–H and O–H groups in total. The monoisotopic (exact) mass is 261 g/mol. The summed E-state index contributed by atoms with van der Waals surface area (Å²) in [4.78, 5) is 11.9. The lowest BCUT2D eigenvalue weighted by atomic mass is 9.95. The van der Waals surface area contributed by atoms with Gasteiger partial charge in [-0.3, -0.25) is 4.79 Å². The van der Waals surface area contributed by atoms with E-state index in [4.69, 9.17) is 0 Å². The van der Waals surface area contributed by atoms with Gasteiger partial charge in [0.05, 0.1) is 0 Å². The Hall–Kier alpha value is -1.38. The van der Waals surface area contributed by atoms with Gasteiger partial charge in [0.25, 0.3) is 0 Å². The second-order valence-electron chi connectivity index (χ2n) is 5.98. The van der Waals surface area contributed by atoms with E-state index in [-0.39, 0.29) is 11.7 Å². The fraction of sp³-hybridized carbons (Fsp3) is 0.562. The molecule has 2 aliphatic rings. The summed E-state index contributed by atoms with van der Waals surface area (Å²) in [5.41, 5.74) is 1.02. The maximum atomic E-state index is 12.8. The average molecular weight is 261 g/mol. The smallest absolute Gasteiger partial charge is 0.220 e. The van der Waals surface area contributed by atoms with Crippen molar-refractivity contribution in [3.63, 3.8) is 0 Å². The van der Waals surface area contributed by atoms with E-state index in [1.54, 1.807) is 12.1 Å². The van der Waals surface area contributed by atoms with Crippen LogP contribution in [-0.4, -0.2) is 11.9 Å². The number of hydrogen-bond donors (Lipinski definition) is 1. The van der Waals surface area contributed by atoms with Crippen molar-refractivity contribution in [2.45, 2.75) is 44.6 Å². The van der Waals surface area contributed by atoms with Crippen molar-refractivity contribution in [2.24, 2.45) is 11.8 Å². The highest BCUT2D eigenvalue weighted by Gasteiger charge is 2.39. The van der Waals surface area contributed by atoms with Gasteiger partial charge in [-0.15, -0.1) is 0 Å². The van der Waals surface area contributed by atoms with Crippen molar-refractivity contribution in [1.82, 2.24) is 5.32 Å². The summed E-state index contributed by atoms with van der Waals surface area (Å²) in [7, 11) is 0. The van der Waals surface area contributed by atoms with E-state index >= 15 is 0 Å². The van der Waals surface area contributed by atoms with E-state index in [0.717, 1.165) is 17.4 Å². The quantitative estimate of drug-likeness (QED) is 0.886. The van der Waals surface area contributed by atoms with Crippen LogP contribution in [0.3, 0.4) is 0 Å². The van der Waals surface area contributed by atoms with E-state index in [1.165, 1.54) is 37.8 Å². The number of fused-ring (bicyclic) bond motifs is 2. The third-order valence-electron chi connectivity index (χ3n) is 4.64. The number of carbonyl (C=O) groups excluding carboxylic acids is 1. The molecule has 0 unspecified atom stereocenters. The van der Waals surface area contributed by atoms with Crippen LogP contribution >= 0.6 is 0 Å². The van der Waals surface area contributed by atoms with Gasteiger partial charge in [-0.05, 0) is 55.2 Å². The number of benzene rings is 1. The molecule has 102 valence electrons. The van der Waals surface area contributed by atoms with Crippen molar-refractivity contribution < 1.29 is 9.18 Å². The average Bonchev–Trinajstić information content (AvgIpc) is 3.00. The predicted octanol–water partition coefficient (Wildman–Crippen LogP) is 3.06. The van der Waals surface area contributed by atoms with E-state index in [1.807, 2.05) is 0 Å². The largest absolute Gasteiger partial charge is 0.353 e. The van der Waals surface area contributed by atoms with Crippen LogP contribution in [0.4, 0.5) is 4.39 Å². The molecule has 0 spiro atoms. The molecule has 1 amide bonds. The van der Waals surface area contributed by atoms with Crippen LogP contribution in [0.2, 0.25) is 0 Å². The molecule has 0 aromatic heterocycles. The Balaban J connectivity index is 1.45. The molecule has 2 fully saturated rings. The van der Waals surface area contributed by atoms with Gasteiger partial charge in [-0.2, -0.15) is 0 Å². The summed E-state index contributed by atoms with van der Waals surface area (Å²) >= 11 is 0. The van der Waals surface area contributed by atoms with Crippen molar-refractivity contribution in [1.29, 1.82) is 0 Å². The zero-order chi connectivity index (χ0) is 13.2. The Kier molecular flexibility index (Phi) is 3.54. The SMILES string of the molecule is O=C(CCc1ccc(F)cc1)N[C@@H]1C[C@H]2CC[C@@H]1C2. The Labute approximate surface area is 113 Å². The minimum atomic E-state index is -0.227. The standard InChI is InChI=1S/C16H20FNO/c17-14-6-2-11(3-7-14)4-8-16(19)18-15-10-12-1-5-13(15)9-12/h2-3,6-7,12-13,15H,1,4-5,8-10H2,(H,18,19)/t12-,13+,15+/m0/s1. The molecule has 0 heterocycles. The summed E-state index contributed by atoms with van der Waals surface area (Å²) in [5.74, 6) is 1.49. The molecule has 0 saturated heterocycles. The molecule has 3 heteroatoms. The third-order valence-corrected chi connectivity index (χ3v) is 4.64. The van der Waals surface area contributed by atoms with Crippen LogP contribution < -0.4 is 5.32 Å². The molecule has 1 aromatic carbocycles. The number of rotatable bonds is 4. The number of carbonyl (C=O) groups is 1. The van der Waals surface area contributed by atoms with Crippen LogP contribution in [0.1, 0.15) is 37.7 Å². The first-order valence-electron chi connectivity index (χ1n) is 7.24. The summed E-state index contributed by atoms with van der Waals surface area (Å²) < 4.78 is 12.8.